The minimum atomic E-state index is -4.47. The Bertz CT molecular complexity index is 1400. The first-order chi connectivity index (χ1) is 15.1. The minimum absolute atomic E-state index is 0.0634. The van der Waals surface area contributed by atoms with Crippen molar-refractivity contribution in [1.82, 2.24) is 19.3 Å². The van der Waals surface area contributed by atoms with Gasteiger partial charge in [0, 0.05) is 17.1 Å². The highest BCUT2D eigenvalue weighted by Gasteiger charge is 2.36. The molecule has 1 amide bonds. The van der Waals surface area contributed by atoms with Crippen LogP contribution in [0.1, 0.15) is 27.5 Å². The maximum absolute atomic E-state index is 13.4. The van der Waals surface area contributed by atoms with E-state index >= 15 is 0 Å². The molecule has 164 valence electrons. The summed E-state index contributed by atoms with van der Waals surface area (Å²) in [6.07, 6.45) is -1.30. The van der Waals surface area contributed by atoms with E-state index in [2.05, 4.69) is 25.9 Å². The zero-order valence-electron chi connectivity index (χ0n) is 16.5. The molecule has 0 saturated heterocycles. The normalized spacial score (nSPS) is 15.7. The number of carbonyl (C=O) groups excluding carboxylic acids is 1. The van der Waals surface area contributed by atoms with E-state index in [1.807, 2.05) is 0 Å². The second kappa shape index (κ2) is 7.09. The number of imidazole rings is 1. The molecule has 7 nitrogen and oxygen atoms in total. The second-order valence-electron chi connectivity index (χ2n) is 7.46. The number of alkyl halides is 3. The molecule has 1 aliphatic rings. The number of aromatic nitrogens is 3. The van der Waals surface area contributed by atoms with Crippen molar-refractivity contribution >= 4 is 44.2 Å². The maximum Gasteiger partial charge on any atom is 0.416 e. The number of nitrogens with zero attached hydrogens (tertiary/aromatic N) is 4. The van der Waals surface area contributed by atoms with E-state index in [9.17, 15) is 18.0 Å². The molecule has 0 fully saturated rings. The summed E-state index contributed by atoms with van der Waals surface area (Å²) in [5.41, 5.74) is 7.91. The number of benzene rings is 2. The van der Waals surface area contributed by atoms with Gasteiger partial charge in [0.15, 0.2) is 0 Å². The summed E-state index contributed by atoms with van der Waals surface area (Å²) in [6.45, 7) is 0.0634. The highest BCUT2D eigenvalue weighted by Crippen LogP contribution is 2.40. The Morgan fingerprint density at radius 3 is 2.81 bits per heavy atom. The lowest BCUT2D eigenvalue weighted by Crippen LogP contribution is -2.32. The molecule has 1 unspecified atom stereocenters. The van der Waals surface area contributed by atoms with Crippen molar-refractivity contribution < 1.29 is 22.7 Å². The van der Waals surface area contributed by atoms with E-state index in [4.69, 9.17) is 10.5 Å². The largest absolute Gasteiger partial charge is 0.491 e. The maximum atomic E-state index is 13.4. The van der Waals surface area contributed by atoms with Gasteiger partial charge in [0.05, 0.1) is 40.7 Å². The number of carbonyl (C=O) groups is 1. The fourth-order valence-corrected chi connectivity index (χ4v) is 4.38. The van der Waals surface area contributed by atoms with E-state index in [0.717, 1.165) is 12.1 Å². The Kier molecular flexibility index (Phi) is 4.55. The smallest absolute Gasteiger partial charge is 0.416 e. The summed E-state index contributed by atoms with van der Waals surface area (Å²) in [5.74, 6) is 0.114. The number of anilines is 1. The predicted molar refractivity (Wildman–Crippen MR) is 114 cm³/mol. The first kappa shape index (κ1) is 20.6. The predicted octanol–water partition coefficient (Wildman–Crippen LogP) is 4.45. The minimum Gasteiger partial charge on any atom is -0.491 e. The first-order valence-corrected chi connectivity index (χ1v) is 10.3. The number of rotatable bonds is 2. The number of likely N-dealkylation sites (N-methyl/N-ethyl adjacent to an activating group) is 1. The summed E-state index contributed by atoms with van der Waals surface area (Å²) in [6, 6.07) is 6.17. The van der Waals surface area contributed by atoms with E-state index in [1.165, 1.54) is 11.0 Å². The molecule has 11 heteroatoms. The molecule has 2 N–H and O–H groups in total. The van der Waals surface area contributed by atoms with Gasteiger partial charge in [-0.3, -0.25) is 9.20 Å². The van der Waals surface area contributed by atoms with Crippen LogP contribution in [-0.2, 0) is 6.18 Å². The van der Waals surface area contributed by atoms with Gasteiger partial charge in [-0.2, -0.15) is 13.2 Å². The quantitative estimate of drug-likeness (QED) is 0.434. The van der Waals surface area contributed by atoms with E-state index < -0.39 is 17.8 Å². The molecule has 0 aliphatic carbocycles. The van der Waals surface area contributed by atoms with Crippen LogP contribution in [0.5, 0.6) is 5.75 Å². The van der Waals surface area contributed by atoms with Gasteiger partial charge in [0.2, 0.25) is 0 Å². The number of hydrogen-bond acceptors (Lipinski definition) is 5. The molecule has 1 aliphatic heterocycles. The van der Waals surface area contributed by atoms with Crippen LogP contribution in [-0.4, -0.2) is 38.8 Å². The summed E-state index contributed by atoms with van der Waals surface area (Å²) >= 11 is 3.43. The molecule has 32 heavy (non-hydrogen) atoms. The summed E-state index contributed by atoms with van der Waals surface area (Å²) < 4.78 is 46.7. The third-order valence-corrected chi connectivity index (χ3v) is 6.24. The second-order valence-corrected chi connectivity index (χ2v) is 8.31. The van der Waals surface area contributed by atoms with Crippen LogP contribution >= 0.6 is 15.9 Å². The van der Waals surface area contributed by atoms with Gasteiger partial charge in [-0.05, 0) is 40.2 Å². The van der Waals surface area contributed by atoms with Crippen molar-refractivity contribution in [3.8, 4) is 5.75 Å². The van der Waals surface area contributed by atoms with Gasteiger partial charge >= 0.3 is 6.18 Å². The fourth-order valence-electron chi connectivity index (χ4n) is 3.88. The number of nitrogen functional groups attached to an aromatic ring is 1. The average molecular weight is 506 g/mol. The number of nitrogens with two attached hydrogens (primary N) is 1. The van der Waals surface area contributed by atoms with E-state index in [-0.39, 0.29) is 18.3 Å². The highest BCUT2D eigenvalue weighted by molar-refractivity contribution is 9.10. The van der Waals surface area contributed by atoms with E-state index in [0.29, 0.717) is 38.0 Å². The van der Waals surface area contributed by atoms with Crippen LogP contribution in [0.2, 0.25) is 0 Å². The average Bonchev–Trinajstić information content (AvgIpc) is 3.39. The number of amides is 1. The molecule has 5 rings (SSSR count). The lowest BCUT2D eigenvalue weighted by Gasteiger charge is -2.24. The Morgan fingerprint density at radius 1 is 1.28 bits per heavy atom. The summed E-state index contributed by atoms with van der Waals surface area (Å²) in [7, 11) is 1.59. The Balaban J connectivity index is 1.53. The number of ether oxygens (including phenoxy) is 1. The van der Waals surface area contributed by atoms with Crippen molar-refractivity contribution in [1.29, 1.82) is 0 Å². The van der Waals surface area contributed by atoms with Crippen molar-refractivity contribution in [3.05, 3.63) is 64.0 Å². The van der Waals surface area contributed by atoms with Crippen molar-refractivity contribution in [2.45, 2.75) is 12.2 Å². The number of halogens is 4. The molecular weight excluding hydrogens is 491 g/mol. The van der Waals surface area contributed by atoms with Crippen LogP contribution in [0.3, 0.4) is 0 Å². The van der Waals surface area contributed by atoms with Crippen molar-refractivity contribution in [2.75, 3.05) is 19.4 Å². The lowest BCUT2D eigenvalue weighted by molar-refractivity contribution is -0.137. The fraction of sp³-hybridized carbons (Fsp3) is 0.190. The SMILES string of the molecule is CN(C(=O)c1cc2c(cc1Br)nc(N)c1cncn12)C1COc2cc(C(F)(F)F)ccc21. The van der Waals surface area contributed by atoms with E-state index in [1.54, 1.807) is 36.1 Å². The monoisotopic (exact) mass is 505 g/mol. The van der Waals surface area contributed by atoms with Crippen LogP contribution in [0.25, 0.3) is 16.6 Å². The first-order valence-electron chi connectivity index (χ1n) is 9.47. The Morgan fingerprint density at radius 2 is 2.06 bits per heavy atom. The zero-order chi connectivity index (χ0) is 22.8. The third kappa shape index (κ3) is 3.15. The topological polar surface area (TPSA) is 85.8 Å². The molecule has 3 heterocycles. The molecule has 1 atom stereocenters. The van der Waals surface area contributed by atoms with Crippen molar-refractivity contribution in [2.24, 2.45) is 0 Å². The Hall–Kier alpha value is -3.34. The molecule has 0 saturated carbocycles. The highest BCUT2D eigenvalue weighted by atomic mass is 79.9. The summed E-state index contributed by atoms with van der Waals surface area (Å²) in [5, 5.41) is 0. The number of fused-ring (bicyclic) bond motifs is 4. The summed E-state index contributed by atoms with van der Waals surface area (Å²) in [4.78, 5) is 23.3. The standard InChI is InChI=1S/C21H15BrF3N5O2/c1-29(17-8-32-18-4-10(21(23,24)25)2-3-11(17)18)20(31)12-5-15-14(6-13(12)22)28-19(26)16-7-27-9-30(15)16/h2-7,9,17H,8H2,1H3,(H2,26,28). The van der Waals surface area contributed by atoms with Crippen LogP contribution in [0.4, 0.5) is 19.0 Å². The number of hydrogen-bond donors (Lipinski definition) is 1. The molecule has 4 aromatic rings. The molecule has 2 aromatic carbocycles. The molecular formula is C21H15BrF3N5O2. The van der Waals surface area contributed by atoms with Crippen LogP contribution in [0.15, 0.2) is 47.3 Å². The van der Waals surface area contributed by atoms with Gasteiger partial charge in [-0.25, -0.2) is 9.97 Å². The van der Waals surface area contributed by atoms with Gasteiger partial charge in [-0.1, -0.05) is 6.07 Å². The van der Waals surface area contributed by atoms with Gasteiger partial charge in [0.1, 0.15) is 23.7 Å². The zero-order valence-corrected chi connectivity index (χ0v) is 18.1. The molecule has 0 radical (unpaired) electrons. The Labute approximate surface area is 187 Å². The molecule has 0 bridgehead atoms. The van der Waals surface area contributed by atoms with Crippen molar-refractivity contribution in [3.63, 3.8) is 0 Å². The molecule has 2 aromatic heterocycles. The third-order valence-electron chi connectivity index (χ3n) is 5.58. The van der Waals surface area contributed by atoms with Crippen LogP contribution in [0, 0.1) is 0 Å². The molecule has 0 spiro atoms. The lowest BCUT2D eigenvalue weighted by atomic mass is 10.0. The van der Waals surface area contributed by atoms with Gasteiger partial charge in [0.25, 0.3) is 5.91 Å². The van der Waals surface area contributed by atoms with Gasteiger partial charge < -0.3 is 15.4 Å². The van der Waals surface area contributed by atoms with Crippen LogP contribution < -0.4 is 10.5 Å². The van der Waals surface area contributed by atoms with Gasteiger partial charge in [-0.15, -0.1) is 0 Å².